The van der Waals surface area contributed by atoms with Gasteiger partial charge >= 0.3 is 0 Å². The van der Waals surface area contributed by atoms with Crippen molar-refractivity contribution in [3.8, 4) is 5.75 Å². The van der Waals surface area contributed by atoms with Crippen molar-refractivity contribution < 1.29 is 9.47 Å². The van der Waals surface area contributed by atoms with E-state index in [1.165, 1.54) is 12.8 Å². The molecule has 5 heteroatoms. The van der Waals surface area contributed by atoms with E-state index in [1.54, 1.807) is 24.1 Å². The highest BCUT2D eigenvalue weighted by Crippen LogP contribution is 2.20. The Morgan fingerprint density at radius 3 is 3.09 bits per heavy atom. The number of unbranched alkanes of at least 4 members (excludes halogenated alkanes) is 1. The highest BCUT2D eigenvalue weighted by Gasteiger charge is 2.14. The molecule has 0 N–H and O–H groups in total. The maximum Gasteiger partial charge on any atom is 0.264 e. The lowest BCUT2D eigenvalue weighted by Crippen LogP contribution is -2.21. The molecule has 118 valence electrons. The van der Waals surface area contributed by atoms with E-state index in [0.717, 1.165) is 25.9 Å². The predicted octanol–water partition coefficient (Wildman–Crippen LogP) is 2.75. The first kappa shape index (κ1) is 15.0. The summed E-state index contributed by atoms with van der Waals surface area (Å²) in [5.41, 5.74) is 0.652. The van der Waals surface area contributed by atoms with E-state index in [-0.39, 0.29) is 5.56 Å². The van der Waals surface area contributed by atoms with Gasteiger partial charge in [0, 0.05) is 13.2 Å². The molecule has 1 atom stereocenters. The number of hydrogen-bond acceptors (Lipinski definition) is 4. The van der Waals surface area contributed by atoms with Gasteiger partial charge in [0.25, 0.3) is 5.56 Å². The summed E-state index contributed by atoms with van der Waals surface area (Å²) in [5, 5.41) is 0.562. The highest BCUT2D eigenvalue weighted by molar-refractivity contribution is 5.83. The maximum absolute atomic E-state index is 12.6. The van der Waals surface area contributed by atoms with E-state index in [1.807, 2.05) is 12.1 Å². The fraction of sp³-hybridized carbons (Fsp3) is 0.529. The van der Waals surface area contributed by atoms with Crippen molar-refractivity contribution in [1.82, 2.24) is 9.55 Å². The van der Waals surface area contributed by atoms with Crippen LogP contribution >= 0.6 is 0 Å². The number of rotatable bonds is 6. The van der Waals surface area contributed by atoms with Gasteiger partial charge in [0.05, 0.1) is 25.1 Å². The summed E-state index contributed by atoms with van der Waals surface area (Å²) in [6, 6.07) is 5.48. The Kier molecular flexibility index (Phi) is 4.73. The maximum atomic E-state index is 12.6. The Bertz CT molecular complexity index is 690. The Labute approximate surface area is 129 Å². The van der Waals surface area contributed by atoms with Gasteiger partial charge in [-0.05, 0) is 44.2 Å². The molecule has 2 aromatic rings. The zero-order valence-corrected chi connectivity index (χ0v) is 13.0. The largest absolute Gasteiger partial charge is 0.496 e. The number of aromatic nitrogens is 2. The first-order valence-corrected chi connectivity index (χ1v) is 7.93. The average Bonchev–Trinajstić information content (AvgIpc) is 3.06. The summed E-state index contributed by atoms with van der Waals surface area (Å²) in [5.74, 6) is 0.587. The number of nitrogens with zero attached hydrogens (tertiary/aromatic N) is 2. The second-order valence-electron chi connectivity index (χ2n) is 5.73. The Morgan fingerprint density at radius 2 is 2.32 bits per heavy atom. The van der Waals surface area contributed by atoms with Crippen LogP contribution in [0.2, 0.25) is 0 Å². The Hall–Kier alpha value is -1.88. The average molecular weight is 302 g/mol. The highest BCUT2D eigenvalue weighted by atomic mass is 16.5. The molecule has 0 amide bonds. The molecular formula is C17H22N2O3. The molecule has 1 fully saturated rings. The van der Waals surface area contributed by atoms with E-state index in [0.29, 0.717) is 29.3 Å². The van der Waals surface area contributed by atoms with Gasteiger partial charge in [-0.25, -0.2) is 4.98 Å². The van der Waals surface area contributed by atoms with Crippen molar-refractivity contribution in [2.24, 2.45) is 0 Å². The molecule has 0 radical (unpaired) electrons. The van der Waals surface area contributed by atoms with Crippen LogP contribution in [0.3, 0.4) is 0 Å². The second kappa shape index (κ2) is 6.92. The predicted molar refractivity (Wildman–Crippen MR) is 85.4 cm³/mol. The van der Waals surface area contributed by atoms with Gasteiger partial charge in [0.15, 0.2) is 0 Å². The number of fused-ring (bicyclic) bond motifs is 1. The molecule has 2 heterocycles. The van der Waals surface area contributed by atoms with E-state index in [4.69, 9.17) is 9.47 Å². The standard InChI is InChI=1S/C17H22N2O3/c1-21-15-9-4-8-14-16(15)17(20)19(12-18-14)10-3-2-6-13-7-5-11-22-13/h4,8-9,12-13H,2-3,5-7,10-11H2,1H3/t13-/m1/s1. The van der Waals surface area contributed by atoms with Crippen molar-refractivity contribution in [2.45, 2.75) is 44.8 Å². The molecule has 0 aliphatic carbocycles. The molecule has 1 aliphatic heterocycles. The number of ether oxygens (including phenoxy) is 2. The van der Waals surface area contributed by atoms with Crippen LogP contribution in [-0.2, 0) is 11.3 Å². The lowest BCUT2D eigenvalue weighted by Gasteiger charge is -2.10. The van der Waals surface area contributed by atoms with Crippen LogP contribution in [0, 0.1) is 0 Å². The van der Waals surface area contributed by atoms with Crippen LogP contribution in [0.4, 0.5) is 0 Å². The van der Waals surface area contributed by atoms with Crippen LogP contribution in [-0.4, -0.2) is 29.4 Å². The molecule has 1 aromatic carbocycles. The third kappa shape index (κ3) is 3.14. The Morgan fingerprint density at radius 1 is 1.41 bits per heavy atom. The fourth-order valence-electron chi connectivity index (χ4n) is 3.03. The SMILES string of the molecule is COc1cccc2ncn(CCCC[C@@H]3CCCO3)c(=O)c12. The van der Waals surface area contributed by atoms with Crippen molar-refractivity contribution in [3.63, 3.8) is 0 Å². The van der Waals surface area contributed by atoms with E-state index in [9.17, 15) is 4.79 Å². The smallest absolute Gasteiger partial charge is 0.264 e. The third-order valence-electron chi connectivity index (χ3n) is 4.23. The minimum absolute atomic E-state index is 0.0282. The van der Waals surface area contributed by atoms with Gasteiger partial charge in [0.1, 0.15) is 11.1 Å². The van der Waals surface area contributed by atoms with Gasteiger partial charge in [0.2, 0.25) is 0 Å². The molecule has 0 bridgehead atoms. The monoisotopic (exact) mass is 302 g/mol. The molecule has 22 heavy (non-hydrogen) atoms. The molecular weight excluding hydrogens is 280 g/mol. The number of benzene rings is 1. The molecule has 1 aromatic heterocycles. The lowest BCUT2D eigenvalue weighted by atomic mass is 10.1. The van der Waals surface area contributed by atoms with Gasteiger partial charge in [-0.1, -0.05) is 6.07 Å². The number of aryl methyl sites for hydroxylation is 1. The third-order valence-corrected chi connectivity index (χ3v) is 4.23. The van der Waals surface area contributed by atoms with Crippen LogP contribution in [0.25, 0.3) is 10.9 Å². The molecule has 0 unspecified atom stereocenters. The van der Waals surface area contributed by atoms with Crippen LogP contribution in [0.5, 0.6) is 5.75 Å². The summed E-state index contributed by atoms with van der Waals surface area (Å²) in [6.45, 7) is 1.59. The van der Waals surface area contributed by atoms with Gasteiger partial charge in [-0.3, -0.25) is 9.36 Å². The molecule has 3 rings (SSSR count). The summed E-state index contributed by atoms with van der Waals surface area (Å²) >= 11 is 0. The van der Waals surface area contributed by atoms with Crippen LogP contribution < -0.4 is 10.3 Å². The van der Waals surface area contributed by atoms with Gasteiger partial charge < -0.3 is 9.47 Å². The van der Waals surface area contributed by atoms with Crippen LogP contribution in [0.1, 0.15) is 32.1 Å². The van der Waals surface area contributed by atoms with Crippen molar-refractivity contribution in [3.05, 3.63) is 34.9 Å². The van der Waals surface area contributed by atoms with Crippen molar-refractivity contribution in [2.75, 3.05) is 13.7 Å². The molecule has 1 saturated heterocycles. The topological polar surface area (TPSA) is 53.4 Å². The lowest BCUT2D eigenvalue weighted by molar-refractivity contribution is 0.102. The second-order valence-corrected chi connectivity index (χ2v) is 5.73. The first-order chi connectivity index (χ1) is 10.8. The number of methoxy groups -OCH3 is 1. The van der Waals surface area contributed by atoms with E-state index < -0.39 is 0 Å². The number of hydrogen-bond donors (Lipinski definition) is 0. The molecule has 5 nitrogen and oxygen atoms in total. The summed E-state index contributed by atoms with van der Waals surface area (Å²) in [7, 11) is 1.58. The quantitative estimate of drug-likeness (QED) is 0.770. The van der Waals surface area contributed by atoms with E-state index in [2.05, 4.69) is 4.98 Å². The fourth-order valence-corrected chi connectivity index (χ4v) is 3.03. The molecule has 0 saturated carbocycles. The summed E-state index contributed by atoms with van der Waals surface area (Å²) in [6.07, 6.45) is 7.53. The minimum atomic E-state index is -0.0282. The van der Waals surface area contributed by atoms with E-state index >= 15 is 0 Å². The van der Waals surface area contributed by atoms with Gasteiger partial charge in [-0.2, -0.15) is 0 Å². The van der Waals surface area contributed by atoms with Gasteiger partial charge in [-0.15, -0.1) is 0 Å². The van der Waals surface area contributed by atoms with Crippen molar-refractivity contribution >= 4 is 10.9 Å². The first-order valence-electron chi connectivity index (χ1n) is 7.93. The normalized spacial score (nSPS) is 18.0. The molecule has 1 aliphatic rings. The molecule has 0 spiro atoms. The zero-order valence-electron chi connectivity index (χ0n) is 13.0. The van der Waals surface area contributed by atoms with Crippen LogP contribution in [0.15, 0.2) is 29.3 Å². The summed E-state index contributed by atoms with van der Waals surface area (Å²) < 4.78 is 12.6. The Balaban J connectivity index is 1.68. The summed E-state index contributed by atoms with van der Waals surface area (Å²) in [4.78, 5) is 16.9. The van der Waals surface area contributed by atoms with Crippen molar-refractivity contribution in [1.29, 1.82) is 0 Å². The zero-order chi connectivity index (χ0) is 15.4. The minimum Gasteiger partial charge on any atom is -0.496 e.